The molecule has 2 amide bonds. The highest BCUT2D eigenvalue weighted by molar-refractivity contribution is 6.04. The van der Waals surface area contributed by atoms with Crippen LogP contribution in [0.25, 0.3) is 11.1 Å². The minimum absolute atomic E-state index is 0.0507. The number of fused-ring (bicyclic) bond motifs is 1. The molecule has 4 aromatic carbocycles. The smallest absolute Gasteiger partial charge is 0.323 e. The summed E-state index contributed by atoms with van der Waals surface area (Å²) in [6, 6.07) is 29.3. The van der Waals surface area contributed by atoms with Gasteiger partial charge in [0.2, 0.25) is 0 Å². The first-order chi connectivity index (χ1) is 19.4. The number of carbonyl (C=O) groups is 1. The Hall–Kier alpha value is -4.66. The van der Waals surface area contributed by atoms with E-state index in [0.29, 0.717) is 35.2 Å². The van der Waals surface area contributed by atoms with Crippen LogP contribution in [0.2, 0.25) is 0 Å². The lowest BCUT2D eigenvalue weighted by Gasteiger charge is -2.25. The van der Waals surface area contributed by atoms with Gasteiger partial charge in [-0.05, 0) is 60.2 Å². The zero-order chi connectivity index (χ0) is 28.1. The van der Waals surface area contributed by atoms with Gasteiger partial charge in [-0.3, -0.25) is 16.7 Å². The number of nitrogens with two attached hydrogens (primary N) is 1. The van der Waals surface area contributed by atoms with Gasteiger partial charge >= 0.3 is 6.03 Å². The van der Waals surface area contributed by atoms with Gasteiger partial charge in [-0.1, -0.05) is 79.2 Å². The largest absolute Gasteiger partial charge is 0.491 e. The molecule has 2 atom stereocenters. The average molecular weight is 535 g/mol. The number of hydrazine groups is 2. The van der Waals surface area contributed by atoms with Crippen LogP contribution in [0.1, 0.15) is 41.5 Å². The van der Waals surface area contributed by atoms with E-state index in [0.717, 1.165) is 28.7 Å². The van der Waals surface area contributed by atoms with Crippen molar-refractivity contribution in [2.24, 2.45) is 11.8 Å². The van der Waals surface area contributed by atoms with E-state index >= 15 is 0 Å². The van der Waals surface area contributed by atoms with Crippen LogP contribution >= 0.6 is 0 Å². The van der Waals surface area contributed by atoms with Gasteiger partial charge in [0.15, 0.2) is 0 Å². The van der Waals surface area contributed by atoms with Crippen molar-refractivity contribution in [1.29, 1.82) is 5.41 Å². The molecule has 4 aromatic rings. The lowest BCUT2D eigenvalue weighted by Crippen LogP contribution is -2.42. The maximum atomic E-state index is 13.2. The molecule has 1 aliphatic heterocycles. The molecule has 0 saturated carbocycles. The molecule has 40 heavy (non-hydrogen) atoms. The Morgan fingerprint density at radius 1 is 0.950 bits per heavy atom. The van der Waals surface area contributed by atoms with Crippen LogP contribution in [0.3, 0.4) is 0 Å². The molecule has 1 heterocycles. The molecular weight excluding hydrogens is 500 g/mol. The number of nitrogens with one attached hydrogen (secondary N) is 5. The highest BCUT2D eigenvalue weighted by atomic mass is 16.5. The molecule has 204 valence electrons. The molecule has 0 spiro atoms. The zero-order valence-electron chi connectivity index (χ0n) is 22.6. The van der Waals surface area contributed by atoms with Gasteiger partial charge in [0, 0.05) is 22.7 Å². The van der Waals surface area contributed by atoms with Gasteiger partial charge in [-0.15, -0.1) is 0 Å². The molecule has 2 unspecified atom stereocenters. The number of amidine groups is 1. The molecule has 5 rings (SSSR count). The second-order valence-corrected chi connectivity index (χ2v) is 10.1. The van der Waals surface area contributed by atoms with Gasteiger partial charge < -0.3 is 15.4 Å². The van der Waals surface area contributed by atoms with E-state index < -0.39 is 0 Å². The van der Waals surface area contributed by atoms with Crippen molar-refractivity contribution in [3.05, 3.63) is 113 Å². The average Bonchev–Trinajstić information content (AvgIpc) is 3.13. The maximum absolute atomic E-state index is 13.2. The molecule has 8 nitrogen and oxygen atoms in total. The van der Waals surface area contributed by atoms with Crippen molar-refractivity contribution in [3.8, 4) is 16.9 Å². The summed E-state index contributed by atoms with van der Waals surface area (Å²) in [6.45, 7) is 4.78. The second kappa shape index (κ2) is 12.0. The van der Waals surface area contributed by atoms with E-state index in [1.165, 1.54) is 5.56 Å². The van der Waals surface area contributed by atoms with Crippen molar-refractivity contribution in [2.75, 3.05) is 17.2 Å². The molecular formula is C32H34N6O2. The van der Waals surface area contributed by atoms with Gasteiger partial charge in [0.25, 0.3) is 0 Å². The number of hydrogen-bond donors (Lipinski definition) is 6. The van der Waals surface area contributed by atoms with Gasteiger partial charge in [-0.2, -0.15) is 5.53 Å². The summed E-state index contributed by atoms with van der Waals surface area (Å²) in [4.78, 5) is 13.2. The predicted octanol–water partition coefficient (Wildman–Crippen LogP) is 6.15. The summed E-state index contributed by atoms with van der Waals surface area (Å²) < 4.78 is 6.35. The van der Waals surface area contributed by atoms with E-state index in [1.54, 1.807) is 0 Å². The monoisotopic (exact) mass is 534 g/mol. The summed E-state index contributed by atoms with van der Waals surface area (Å²) in [5.41, 5.74) is 11.9. The number of rotatable bonds is 6. The molecule has 0 saturated heterocycles. The quantitative estimate of drug-likeness (QED) is 0.0766. The van der Waals surface area contributed by atoms with Crippen LogP contribution in [-0.4, -0.2) is 18.5 Å². The van der Waals surface area contributed by atoms with E-state index in [9.17, 15) is 4.79 Å². The number of aryl methyl sites for hydroxylation is 1. The first kappa shape index (κ1) is 26.9. The summed E-state index contributed by atoms with van der Waals surface area (Å²) in [5, 5.41) is 14.5. The molecule has 0 aliphatic carbocycles. The van der Waals surface area contributed by atoms with Gasteiger partial charge in [0.05, 0.1) is 12.3 Å². The molecule has 0 aromatic heterocycles. The zero-order valence-corrected chi connectivity index (χ0v) is 22.6. The minimum atomic E-state index is -0.365. The normalized spacial score (nSPS) is 16.2. The standard InChI is InChI=1S/C32H34N6O2/c1-20-12-14-24(15-13-20)35-32(39)36-28-19-23(25-10-6-7-11-26(25)31(33)37-38-34)18-27-29(22-8-4-3-5-9-22)21(2)16-17-40-30(27)28/h3-15,18-19,21,29,38H,16-17,34H2,1-2H3,(H2,33,37)(H2,35,36,39). The Labute approximate surface area is 234 Å². The predicted molar refractivity (Wildman–Crippen MR) is 161 cm³/mol. The third kappa shape index (κ3) is 5.83. The van der Waals surface area contributed by atoms with Crippen molar-refractivity contribution in [1.82, 2.24) is 11.0 Å². The highest BCUT2D eigenvalue weighted by Gasteiger charge is 2.30. The van der Waals surface area contributed by atoms with Gasteiger partial charge in [-0.25, -0.2) is 4.79 Å². The minimum Gasteiger partial charge on any atom is -0.491 e. The first-order valence-electron chi connectivity index (χ1n) is 13.3. The number of urea groups is 1. The Morgan fingerprint density at radius 2 is 1.68 bits per heavy atom. The molecule has 7 N–H and O–H groups in total. The van der Waals surface area contributed by atoms with Crippen molar-refractivity contribution in [2.45, 2.75) is 26.2 Å². The lowest BCUT2D eigenvalue weighted by molar-refractivity contribution is 0.261. The number of hydrogen-bond acceptors (Lipinski definition) is 5. The number of anilines is 2. The Morgan fingerprint density at radius 3 is 2.42 bits per heavy atom. The van der Waals surface area contributed by atoms with Gasteiger partial charge in [0.1, 0.15) is 11.6 Å². The molecule has 0 fully saturated rings. The van der Waals surface area contributed by atoms with Crippen molar-refractivity contribution in [3.63, 3.8) is 0 Å². The summed E-state index contributed by atoms with van der Waals surface area (Å²) in [7, 11) is 0. The maximum Gasteiger partial charge on any atom is 0.323 e. The number of ether oxygens (including phenoxy) is 1. The van der Waals surface area contributed by atoms with E-state index in [4.69, 9.17) is 16.0 Å². The first-order valence-corrected chi connectivity index (χ1v) is 13.3. The fourth-order valence-electron chi connectivity index (χ4n) is 5.29. The summed E-state index contributed by atoms with van der Waals surface area (Å²) >= 11 is 0. The van der Waals surface area contributed by atoms with Crippen LogP contribution in [-0.2, 0) is 0 Å². The van der Waals surface area contributed by atoms with Crippen LogP contribution in [0.5, 0.6) is 5.75 Å². The fraction of sp³-hybridized carbons (Fsp3) is 0.188. The SMILES string of the molecule is Cc1ccc(NC(=O)Nc2cc(-c3ccccc3C(=N)NNN)cc3c2OCCC(C)C3c2ccccc2)cc1. The summed E-state index contributed by atoms with van der Waals surface area (Å²) in [5.74, 6) is 6.58. The summed E-state index contributed by atoms with van der Waals surface area (Å²) in [6.07, 6.45) is 0.867. The van der Waals surface area contributed by atoms with Crippen LogP contribution in [0.15, 0.2) is 91.0 Å². The second-order valence-electron chi connectivity index (χ2n) is 10.1. The topological polar surface area (TPSA) is 124 Å². The Bertz CT molecular complexity index is 1500. The number of benzene rings is 4. The van der Waals surface area contributed by atoms with E-state index in [2.05, 4.69) is 46.7 Å². The van der Waals surface area contributed by atoms with Crippen LogP contribution in [0.4, 0.5) is 16.2 Å². The third-order valence-electron chi connectivity index (χ3n) is 7.26. The van der Waals surface area contributed by atoms with E-state index in [1.807, 2.05) is 79.7 Å². The third-order valence-corrected chi connectivity index (χ3v) is 7.26. The van der Waals surface area contributed by atoms with Crippen LogP contribution in [0, 0.1) is 18.3 Å². The number of amides is 2. The molecule has 1 aliphatic rings. The van der Waals surface area contributed by atoms with Crippen LogP contribution < -0.4 is 32.2 Å². The van der Waals surface area contributed by atoms with E-state index in [-0.39, 0.29) is 17.8 Å². The lowest BCUT2D eigenvalue weighted by atomic mass is 9.79. The molecule has 0 radical (unpaired) electrons. The van der Waals surface area contributed by atoms with Crippen molar-refractivity contribution >= 4 is 23.2 Å². The Kier molecular flexibility index (Phi) is 8.10. The highest BCUT2D eigenvalue weighted by Crippen LogP contribution is 2.47. The Balaban J connectivity index is 1.64. The molecule has 8 heteroatoms. The fourth-order valence-corrected chi connectivity index (χ4v) is 5.29. The number of carbonyl (C=O) groups excluding carboxylic acids is 1. The van der Waals surface area contributed by atoms with Crippen molar-refractivity contribution < 1.29 is 9.53 Å². The molecule has 0 bridgehead atoms.